The van der Waals surface area contributed by atoms with Crippen molar-refractivity contribution in [2.45, 2.75) is 12.5 Å². The Morgan fingerprint density at radius 2 is 2.07 bits per heavy atom. The maximum atomic E-state index is 9.78. The van der Waals surface area contributed by atoms with Crippen LogP contribution in [0.4, 0.5) is 0 Å². The van der Waals surface area contributed by atoms with Gasteiger partial charge in [0.25, 0.3) is 0 Å². The molecule has 2 rings (SSSR count). The van der Waals surface area contributed by atoms with Gasteiger partial charge in [-0.1, -0.05) is 28.1 Å². The number of thioether (sulfide) groups is 1. The molecule has 1 nitrogen and oxygen atoms in total. The molecule has 1 aliphatic heterocycles. The van der Waals surface area contributed by atoms with E-state index in [1.807, 2.05) is 23.6 Å². The minimum Gasteiger partial charge on any atom is -0.389 e. The van der Waals surface area contributed by atoms with Gasteiger partial charge in [-0.05, 0) is 35.6 Å². The molecule has 0 fully saturated rings. The van der Waals surface area contributed by atoms with E-state index in [1.165, 1.54) is 5.56 Å². The first-order valence-electron chi connectivity index (χ1n) is 4.96. The molecule has 80 valence electrons. The molecule has 0 amide bonds. The van der Waals surface area contributed by atoms with Crippen LogP contribution in [0.5, 0.6) is 0 Å². The average molecular weight is 285 g/mol. The van der Waals surface area contributed by atoms with Gasteiger partial charge in [0.1, 0.15) is 0 Å². The van der Waals surface area contributed by atoms with Gasteiger partial charge in [0.2, 0.25) is 0 Å². The van der Waals surface area contributed by atoms with Crippen LogP contribution >= 0.6 is 27.7 Å². The highest BCUT2D eigenvalue weighted by Gasteiger charge is 2.19. The van der Waals surface area contributed by atoms with Crippen molar-refractivity contribution in [3.8, 4) is 0 Å². The molecule has 0 spiro atoms. The largest absolute Gasteiger partial charge is 0.389 e. The summed E-state index contributed by atoms with van der Waals surface area (Å²) in [4.78, 5) is 0. The van der Waals surface area contributed by atoms with Gasteiger partial charge in [-0.3, -0.25) is 0 Å². The van der Waals surface area contributed by atoms with Gasteiger partial charge in [0.05, 0.1) is 6.10 Å². The Bertz CT molecular complexity index is 347. The second-order valence-electron chi connectivity index (χ2n) is 3.74. The van der Waals surface area contributed by atoms with Crippen LogP contribution in [0.25, 0.3) is 0 Å². The summed E-state index contributed by atoms with van der Waals surface area (Å²) in [5.41, 5.74) is 1.29. The zero-order chi connectivity index (χ0) is 10.7. The smallest absolute Gasteiger partial charge is 0.0768 e. The van der Waals surface area contributed by atoms with Crippen LogP contribution in [-0.4, -0.2) is 17.0 Å². The van der Waals surface area contributed by atoms with Gasteiger partial charge in [-0.2, -0.15) is 0 Å². The fourth-order valence-electron chi connectivity index (χ4n) is 1.67. The van der Waals surface area contributed by atoms with Crippen LogP contribution in [-0.2, 0) is 6.42 Å². The van der Waals surface area contributed by atoms with Crippen molar-refractivity contribution in [3.63, 3.8) is 0 Å². The van der Waals surface area contributed by atoms with Crippen LogP contribution < -0.4 is 0 Å². The topological polar surface area (TPSA) is 20.2 Å². The summed E-state index contributed by atoms with van der Waals surface area (Å²) >= 11 is 5.20. The average Bonchev–Trinajstić information content (AvgIpc) is 2.25. The van der Waals surface area contributed by atoms with Crippen LogP contribution in [0.15, 0.2) is 40.2 Å². The van der Waals surface area contributed by atoms with E-state index in [-0.39, 0.29) is 6.10 Å². The van der Waals surface area contributed by atoms with Crippen molar-refractivity contribution in [1.29, 1.82) is 0 Å². The monoisotopic (exact) mass is 284 g/mol. The van der Waals surface area contributed by atoms with E-state index < -0.39 is 0 Å². The minimum absolute atomic E-state index is 0.283. The summed E-state index contributed by atoms with van der Waals surface area (Å²) in [7, 11) is 0. The Hall–Kier alpha value is -0.250. The van der Waals surface area contributed by atoms with Crippen molar-refractivity contribution >= 4 is 27.7 Å². The van der Waals surface area contributed by atoms with E-state index >= 15 is 0 Å². The lowest BCUT2D eigenvalue weighted by molar-refractivity contribution is 0.163. The Balaban J connectivity index is 2.02. The van der Waals surface area contributed by atoms with Crippen LogP contribution in [0.3, 0.4) is 0 Å². The first-order valence-corrected chi connectivity index (χ1v) is 6.80. The highest BCUT2D eigenvalue weighted by atomic mass is 79.9. The van der Waals surface area contributed by atoms with Gasteiger partial charge >= 0.3 is 0 Å². The molecule has 3 heteroatoms. The molecule has 0 aliphatic carbocycles. The van der Waals surface area contributed by atoms with Gasteiger partial charge < -0.3 is 5.11 Å². The van der Waals surface area contributed by atoms with E-state index in [0.717, 1.165) is 16.6 Å². The van der Waals surface area contributed by atoms with Crippen molar-refractivity contribution < 1.29 is 5.11 Å². The maximum Gasteiger partial charge on any atom is 0.0768 e. The molecule has 1 N–H and O–H groups in total. The van der Waals surface area contributed by atoms with E-state index in [9.17, 15) is 5.11 Å². The molecular weight excluding hydrogens is 272 g/mol. The third kappa shape index (κ3) is 3.10. The molecule has 0 saturated carbocycles. The number of halogens is 1. The molecule has 0 bridgehead atoms. The third-order valence-corrected chi connectivity index (χ3v) is 4.08. The third-order valence-electron chi connectivity index (χ3n) is 2.58. The lowest BCUT2D eigenvalue weighted by Crippen LogP contribution is -2.24. The van der Waals surface area contributed by atoms with Gasteiger partial charge in [0.15, 0.2) is 0 Å². The van der Waals surface area contributed by atoms with Crippen molar-refractivity contribution in [2.75, 3.05) is 5.75 Å². The molecule has 1 heterocycles. The molecule has 2 unspecified atom stereocenters. The Morgan fingerprint density at radius 3 is 2.73 bits per heavy atom. The summed E-state index contributed by atoms with van der Waals surface area (Å²) in [6, 6.07) is 8.32. The van der Waals surface area contributed by atoms with E-state index in [2.05, 4.69) is 28.1 Å². The summed E-state index contributed by atoms with van der Waals surface area (Å²) in [6.45, 7) is 0. The highest BCUT2D eigenvalue weighted by Crippen LogP contribution is 2.24. The summed E-state index contributed by atoms with van der Waals surface area (Å²) in [6.07, 6.45) is 2.55. The molecule has 15 heavy (non-hydrogen) atoms. The van der Waals surface area contributed by atoms with E-state index in [4.69, 9.17) is 0 Å². The maximum absolute atomic E-state index is 9.78. The number of aliphatic hydroxyl groups excluding tert-OH is 1. The molecule has 1 aliphatic rings. The van der Waals surface area contributed by atoms with Crippen molar-refractivity contribution in [2.24, 2.45) is 5.92 Å². The van der Waals surface area contributed by atoms with Crippen molar-refractivity contribution in [1.82, 2.24) is 0 Å². The van der Waals surface area contributed by atoms with Crippen LogP contribution in [0.2, 0.25) is 0 Å². The molecule has 2 atom stereocenters. The van der Waals surface area contributed by atoms with Crippen LogP contribution in [0.1, 0.15) is 5.56 Å². The fourth-order valence-corrected chi connectivity index (χ4v) is 2.88. The normalized spacial score (nSPS) is 25.5. The van der Waals surface area contributed by atoms with Gasteiger partial charge in [0, 0.05) is 16.1 Å². The molecule has 1 aromatic carbocycles. The predicted molar refractivity (Wildman–Crippen MR) is 68.9 cm³/mol. The molecule has 0 aromatic heterocycles. The number of hydrogen-bond donors (Lipinski definition) is 1. The second-order valence-corrected chi connectivity index (χ2v) is 5.60. The summed E-state index contributed by atoms with van der Waals surface area (Å²) in [5, 5.41) is 11.8. The van der Waals surface area contributed by atoms with E-state index in [1.54, 1.807) is 11.8 Å². The molecule has 1 aromatic rings. The number of rotatable bonds is 2. The standard InChI is InChI=1S/C12H13BrOS/c13-11-3-1-9(2-4-11)7-10-8-15-6-5-12(10)14/h1-6,10,12,14H,7-8H2. The quantitative estimate of drug-likeness (QED) is 0.900. The summed E-state index contributed by atoms with van der Waals surface area (Å²) in [5.74, 6) is 1.36. The van der Waals surface area contributed by atoms with Gasteiger partial charge in [-0.25, -0.2) is 0 Å². The Labute approximate surface area is 103 Å². The zero-order valence-electron chi connectivity index (χ0n) is 8.27. The van der Waals surface area contributed by atoms with E-state index in [0.29, 0.717) is 5.92 Å². The summed E-state index contributed by atoms with van der Waals surface area (Å²) < 4.78 is 1.10. The van der Waals surface area contributed by atoms with Crippen molar-refractivity contribution in [3.05, 3.63) is 45.8 Å². The Kier molecular flexibility index (Phi) is 3.89. The first kappa shape index (κ1) is 11.2. The predicted octanol–water partition coefficient (Wildman–Crippen LogP) is 3.23. The number of hydrogen-bond acceptors (Lipinski definition) is 2. The lowest BCUT2D eigenvalue weighted by Gasteiger charge is -2.22. The Morgan fingerprint density at radius 1 is 1.33 bits per heavy atom. The number of aliphatic hydroxyl groups is 1. The zero-order valence-corrected chi connectivity index (χ0v) is 10.7. The molecule has 0 saturated heterocycles. The molecule has 0 radical (unpaired) electrons. The fraction of sp³-hybridized carbons (Fsp3) is 0.333. The van der Waals surface area contributed by atoms with Gasteiger partial charge in [-0.15, -0.1) is 11.8 Å². The van der Waals surface area contributed by atoms with Crippen LogP contribution in [0, 0.1) is 5.92 Å². The number of benzene rings is 1. The SMILES string of the molecule is OC1C=CSCC1Cc1ccc(Br)cc1. The highest BCUT2D eigenvalue weighted by molar-refractivity contribution is 9.10. The molecular formula is C12H13BrOS. The lowest BCUT2D eigenvalue weighted by atomic mass is 9.95. The second kappa shape index (κ2) is 5.19. The minimum atomic E-state index is -0.283. The first-order chi connectivity index (χ1) is 7.25.